The topological polar surface area (TPSA) is 67.0 Å². The van der Waals surface area contributed by atoms with Crippen LogP contribution >= 0.6 is 19.4 Å². The van der Waals surface area contributed by atoms with Crippen molar-refractivity contribution in [3.8, 4) is 0 Å². The molecule has 33 valence electrons. The second kappa shape index (κ2) is 27.0. The minimum atomic E-state index is 0. The molecule has 0 unspecified atom stereocenters. The van der Waals surface area contributed by atoms with Gasteiger partial charge in [-0.05, 0) is 0 Å². The molecule has 0 aliphatic carbocycles. The van der Waals surface area contributed by atoms with Crippen LogP contribution in [0.5, 0.6) is 0 Å². The van der Waals surface area contributed by atoms with E-state index >= 15 is 0 Å². The van der Waals surface area contributed by atoms with E-state index in [1.165, 1.54) is 0 Å². The van der Waals surface area contributed by atoms with Crippen molar-refractivity contribution in [2.24, 2.45) is 0 Å². The summed E-state index contributed by atoms with van der Waals surface area (Å²) < 4.78 is 0. The van der Waals surface area contributed by atoms with E-state index in [0.29, 0.717) is 0 Å². The molecule has 0 aliphatic rings. The first-order chi connectivity index (χ1) is 1.00. The summed E-state index contributed by atoms with van der Waals surface area (Å²) in [6, 6.07) is 0. The maximum absolute atomic E-state index is 2.12. The SMILES string of the molecule is [I][Pt].[NH2-].[NH2-]. The molecule has 0 aromatic heterocycles. The van der Waals surface area contributed by atoms with Gasteiger partial charge in [-0.2, -0.15) is 0 Å². The average Bonchev–Trinajstić information content (AvgIpc) is 1.00. The van der Waals surface area contributed by atoms with Crippen molar-refractivity contribution >= 4 is 19.4 Å². The van der Waals surface area contributed by atoms with Crippen molar-refractivity contribution in [3.63, 3.8) is 0 Å². The molecule has 0 aliphatic heterocycles. The van der Waals surface area contributed by atoms with E-state index in [2.05, 4.69) is 35.5 Å². The minimum Gasteiger partial charge on any atom is -0.693 e. The van der Waals surface area contributed by atoms with Gasteiger partial charge < -0.3 is 12.3 Å². The monoisotopic (exact) mass is 354 g/mol. The van der Waals surface area contributed by atoms with Gasteiger partial charge in [-0.3, -0.25) is 0 Å². The predicted octanol–water partition coefficient (Wildman–Crippen LogP) is 2.32. The summed E-state index contributed by atoms with van der Waals surface area (Å²) in [7, 11) is 0. The first-order valence-corrected chi connectivity index (χ1v) is 6.56. The maximum Gasteiger partial charge on any atom is -0.693 e. The Morgan fingerprint density at radius 3 is 1.00 bits per heavy atom. The fraction of sp³-hybridized carbons (Fsp3) is 0. The quantitative estimate of drug-likeness (QED) is 0.600. The minimum absolute atomic E-state index is 0. The van der Waals surface area contributed by atoms with Crippen LogP contribution in [-0.2, 0) is 16.1 Å². The molecule has 0 bridgehead atoms. The van der Waals surface area contributed by atoms with E-state index in [4.69, 9.17) is 0 Å². The van der Waals surface area contributed by atoms with Crippen molar-refractivity contribution in [3.05, 3.63) is 12.3 Å². The molecule has 0 aromatic carbocycles. The van der Waals surface area contributed by atoms with E-state index in [1.807, 2.05) is 0 Å². The summed E-state index contributed by atoms with van der Waals surface area (Å²) in [5, 5.41) is 0. The zero-order valence-corrected chi connectivity index (χ0v) is 6.28. The van der Waals surface area contributed by atoms with Crippen LogP contribution in [0.1, 0.15) is 0 Å². The van der Waals surface area contributed by atoms with Crippen LogP contribution in [0.15, 0.2) is 0 Å². The molecule has 0 amide bonds. The molecule has 0 atom stereocenters. The Hall–Kier alpha value is 1.34. The van der Waals surface area contributed by atoms with Crippen LogP contribution in [0.4, 0.5) is 0 Å². The molecule has 4 heavy (non-hydrogen) atoms. The third-order valence-corrected chi connectivity index (χ3v) is 0. The van der Waals surface area contributed by atoms with Gasteiger partial charge in [-0.1, -0.05) is 0 Å². The van der Waals surface area contributed by atoms with Crippen molar-refractivity contribution in [2.45, 2.75) is 0 Å². The van der Waals surface area contributed by atoms with Crippen LogP contribution in [-0.4, -0.2) is 0 Å². The Balaban J connectivity index is -0.00000000500. The van der Waals surface area contributed by atoms with Crippen molar-refractivity contribution in [1.82, 2.24) is 0 Å². The van der Waals surface area contributed by atoms with Gasteiger partial charge in [0.25, 0.3) is 0 Å². The van der Waals surface area contributed by atoms with Gasteiger partial charge in [0.1, 0.15) is 0 Å². The predicted molar refractivity (Wildman–Crippen MR) is 24.6 cm³/mol. The normalized spacial score (nSPS) is 1.75. The molecule has 0 heterocycles. The van der Waals surface area contributed by atoms with Crippen molar-refractivity contribution in [1.29, 1.82) is 0 Å². The number of halogens is 1. The molecule has 0 radical (unpaired) electrons. The molecule has 2 nitrogen and oxygen atoms in total. The molecular formula is H4IN2Pt-2. The van der Waals surface area contributed by atoms with Crippen LogP contribution in [0, 0.1) is 0 Å². The van der Waals surface area contributed by atoms with Gasteiger partial charge in [0, 0.05) is 0 Å². The van der Waals surface area contributed by atoms with E-state index < -0.39 is 0 Å². The fourth-order valence-corrected chi connectivity index (χ4v) is 0. The smallest absolute Gasteiger partial charge is 0.693 e. The molecule has 0 rings (SSSR count). The summed E-state index contributed by atoms with van der Waals surface area (Å²) in [4.78, 5) is 0. The number of hydrogen-bond acceptors (Lipinski definition) is 0. The zero-order valence-electron chi connectivity index (χ0n) is 1.85. The largest absolute Gasteiger partial charge is 0.693 e. The van der Waals surface area contributed by atoms with Gasteiger partial charge in [-0.25, -0.2) is 0 Å². The maximum atomic E-state index is 2.12. The molecule has 4 N–H and O–H groups in total. The standard InChI is InChI=1S/HI.2H2N.Pt/h1H;2*1H2;/q;2*-1;+1/p-1. The molecule has 0 fully saturated rings. The molecule has 0 aromatic rings. The van der Waals surface area contributed by atoms with Gasteiger partial charge >= 0.3 is 35.5 Å². The summed E-state index contributed by atoms with van der Waals surface area (Å²) in [5.74, 6) is 0. The second-order valence-electron chi connectivity index (χ2n) is 0. The summed E-state index contributed by atoms with van der Waals surface area (Å²) in [5.41, 5.74) is 0. The number of rotatable bonds is 0. The Bertz CT molecular complexity index is 6.00. The van der Waals surface area contributed by atoms with Crippen LogP contribution in [0.3, 0.4) is 0 Å². The van der Waals surface area contributed by atoms with Gasteiger partial charge in [0.15, 0.2) is 0 Å². The Morgan fingerprint density at radius 1 is 1.00 bits per heavy atom. The Kier molecular flexibility index (Phi) is 124. The van der Waals surface area contributed by atoms with Gasteiger partial charge in [0.2, 0.25) is 0 Å². The Morgan fingerprint density at radius 2 is 1.00 bits per heavy atom. The van der Waals surface area contributed by atoms with Crippen molar-refractivity contribution in [2.75, 3.05) is 0 Å². The molecular weight excluding hydrogens is 350 g/mol. The third-order valence-electron chi connectivity index (χ3n) is 0. The second-order valence-corrected chi connectivity index (χ2v) is 0. The molecule has 0 spiro atoms. The van der Waals surface area contributed by atoms with Crippen molar-refractivity contribution < 1.29 is 16.1 Å². The molecule has 0 saturated heterocycles. The first kappa shape index (κ1) is 18.4. The summed E-state index contributed by atoms with van der Waals surface area (Å²) >= 11 is 4.23. The summed E-state index contributed by atoms with van der Waals surface area (Å²) in [6.07, 6.45) is 0. The fourth-order valence-electron chi connectivity index (χ4n) is 0. The van der Waals surface area contributed by atoms with E-state index in [9.17, 15) is 0 Å². The average molecular weight is 354 g/mol. The molecule has 0 saturated carbocycles. The van der Waals surface area contributed by atoms with E-state index in [1.54, 1.807) is 0 Å². The number of hydrogen-bond donors (Lipinski definition) is 0. The van der Waals surface area contributed by atoms with Gasteiger partial charge in [-0.15, -0.1) is 0 Å². The third kappa shape index (κ3) is 10.2. The number of nitrogens with two attached hydrogens (primary N) is 2. The summed E-state index contributed by atoms with van der Waals surface area (Å²) in [6.45, 7) is 0. The van der Waals surface area contributed by atoms with E-state index in [0.717, 1.165) is 0 Å². The Labute approximate surface area is 47.6 Å². The van der Waals surface area contributed by atoms with Crippen LogP contribution in [0.25, 0.3) is 12.3 Å². The van der Waals surface area contributed by atoms with Gasteiger partial charge in [0.05, 0.1) is 0 Å². The van der Waals surface area contributed by atoms with Crippen LogP contribution in [0.2, 0.25) is 0 Å². The van der Waals surface area contributed by atoms with Crippen LogP contribution < -0.4 is 0 Å². The zero-order chi connectivity index (χ0) is 2.00. The molecule has 4 heteroatoms. The van der Waals surface area contributed by atoms with E-state index in [-0.39, 0.29) is 12.3 Å². The first-order valence-electron chi connectivity index (χ1n) is 0.120.